The number of halogens is 2. The van der Waals surface area contributed by atoms with Gasteiger partial charge in [-0.25, -0.2) is 13.6 Å². The number of hydrogen-bond donors (Lipinski definition) is 2. The SMILES string of the molecule is CC(=O)Cc1cccc(C(F)F)c1C(O)C(=O)O. The van der Waals surface area contributed by atoms with Crippen molar-refractivity contribution >= 4 is 11.8 Å². The summed E-state index contributed by atoms with van der Waals surface area (Å²) in [4.78, 5) is 21.8. The molecule has 0 aliphatic carbocycles. The number of aliphatic hydroxyl groups is 1. The van der Waals surface area contributed by atoms with E-state index in [2.05, 4.69) is 0 Å². The highest BCUT2D eigenvalue weighted by molar-refractivity contribution is 5.81. The molecule has 0 saturated carbocycles. The Labute approximate surface area is 102 Å². The molecule has 0 radical (unpaired) electrons. The van der Waals surface area contributed by atoms with E-state index in [1.54, 1.807) is 0 Å². The minimum Gasteiger partial charge on any atom is -0.479 e. The molecule has 0 aliphatic rings. The number of carbonyl (C=O) groups is 2. The maximum Gasteiger partial charge on any atom is 0.337 e. The van der Waals surface area contributed by atoms with E-state index in [1.165, 1.54) is 19.1 Å². The van der Waals surface area contributed by atoms with E-state index in [4.69, 9.17) is 5.11 Å². The van der Waals surface area contributed by atoms with Crippen molar-refractivity contribution in [2.24, 2.45) is 0 Å². The van der Waals surface area contributed by atoms with Crippen molar-refractivity contribution in [2.45, 2.75) is 25.9 Å². The van der Waals surface area contributed by atoms with Gasteiger partial charge in [0.1, 0.15) is 5.78 Å². The Morgan fingerprint density at radius 2 is 1.94 bits per heavy atom. The molecule has 0 aliphatic heterocycles. The van der Waals surface area contributed by atoms with Gasteiger partial charge in [0.15, 0.2) is 6.10 Å². The van der Waals surface area contributed by atoms with Gasteiger partial charge in [0.05, 0.1) is 0 Å². The second-order valence-electron chi connectivity index (χ2n) is 3.84. The first-order chi connectivity index (χ1) is 8.34. The molecule has 1 rings (SSSR count). The van der Waals surface area contributed by atoms with Gasteiger partial charge in [0.25, 0.3) is 6.43 Å². The number of Topliss-reactive ketones (excluding diaryl/α,β-unsaturated/α-hetero) is 1. The molecule has 18 heavy (non-hydrogen) atoms. The molecule has 0 fully saturated rings. The van der Waals surface area contributed by atoms with Crippen LogP contribution < -0.4 is 0 Å². The lowest BCUT2D eigenvalue weighted by molar-refractivity contribution is -0.147. The zero-order valence-electron chi connectivity index (χ0n) is 9.56. The summed E-state index contributed by atoms with van der Waals surface area (Å²) in [6.45, 7) is 1.26. The molecule has 1 aromatic carbocycles. The van der Waals surface area contributed by atoms with E-state index in [0.717, 1.165) is 6.07 Å². The van der Waals surface area contributed by atoms with Gasteiger partial charge < -0.3 is 10.2 Å². The van der Waals surface area contributed by atoms with E-state index < -0.39 is 29.6 Å². The third-order valence-electron chi connectivity index (χ3n) is 2.41. The highest BCUT2D eigenvalue weighted by Crippen LogP contribution is 2.30. The molecule has 0 saturated heterocycles. The minimum atomic E-state index is -2.92. The van der Waals surface area contributed by atoms with Gasteiger partial charge >= 0.3 is 5.97 Å². The summed E-state index contributed by atoms with van der Waals surface area (Å²) in [7, 11) is 0. The second kappa shape index (κ2) is 5.68. The monoisotopic (exact) mass is 258 g/mol. The Balaban J connectivity index is 3.38. The van der Waals surface area contributed by atoms with Crippen LogP contribution in [0.2, 0.25) is 0 Å². The summed E-state index contributed by atoms with van der Waals surface area (Å²) in [6, 6.07) is 3.70. The number of ketones is 1. The van der Waals surface area contributed by atoms with Gasteiger partial charge in [-0.15, -0.1) is 0 Å². The van der Waals surface area contributed by atoms with Crippen molar-refractivity contribution in [1.82, 2.24) is 0 Å². The average molecular weight is 258 g/mol. The van der Waals surface area contributed by atoms with Crippen molar-refractivity contribution in [1.29, 1.82) is 0 Å². The van der Waals surface area contributed by atoms with Crippen LogP contribution in [0, 0.1) is 0 Å². The van der Waals surface area contributed by atoms with Gasteiger partial charge in [-0.1, -0.05) is 18.2 Å². The topological polar surface area (TPSA) is 74.6 Å². The highest BCUT2D eigenvalue weighted by atomic mass is 19.3. The van der Waals surface area contributed by atoms with E-state index in [0.29, 0.717) is 0 Å². The van der Waals surface area contributed by atoms with E-state index in [9.17, 15) is 23.5 Å². The van der Waals surface area contributed by atoms with Crippen molar-refractivity contribution in [3.8, 4) is 0 Å². The third kappa shape index (κ3) is 3.10. The molecule has 4 nitrogen and oxygen atoms in total. The fourth-order valence-electron chi connectivity index (χ4n) is 1.70. The summed E-state index contributed by atoms with van der Waals surface area (Å²) in [5.41, 5.74) is -0.853. The zero-order valence-corrected chi connectivity index (χ0v) is 9.56. The van der Waals surface area contributed by atoms with Crippen LogP contribution in [-0.2, 0) is 16.0 Å². The number of alkyl halides is 2. The minimum absolute atomic E-state index is 0.107. The summed E-state index contributed by atoms with van der Waals surface area (Å²) < 4.78 is 25.6. The average Bonchev–Trinajstić information content (AvgIpc) is 2.26. The van der Waals surface area contributed by atoms with Crippen LogP contribution in [0.3, 0.4) is 0 Å². The molecule has 0 amide bonds. The number of hydrogen-bond acceptors (Lipinski definition) is 3. The molecule has 98 valence electrons. The number of carbonyl (C=O) groups excluding carboxylic acids is 1. The van der Waals surface area contributed by atoms with Crippen molar-refractivity contribution in [3.05, 3.63) is 34.9 Å². The Kier molecular flexibility index (Phi) is 4.49. The summed E-state index contributed by atoms with van der Waals surface area (Å²) in [5, 5.41) is 18.2. The number of rotatable bonds is 5. The maximum absolute atomic E-state index is 12.8. The van der Waals surface area contributed by atoms with E-state index in [1.807, 2.05) is 0 Å². The smallest absolute Gasteiger partial charge is 0.337 e. The van der Waals surface area contributed by atoms with Crippen LogP contribution >= 0.6 is 0 Å². The summed E-state index contributed by atoms with van der Waals surface area (Å²) in [5.74, 6) is -1.94. The Hall–Kier alpha value is -1.82. The summed E-state index contributed by atoms with van der Waals surface area (Å²) in [6.07, 6.45) is -5.18. The largest absolute Gasteiger partial charge is 0.479 e. The van der Waals surface area contributed by atoms with Gasteiger partial charge in [0, 0.05) is 17.5 Å². The van der Waals surface area contributed by atoms with Crippen LogP contribution in [0.15, 0.2) is 18.2 Å². The highest BCUT2D eigenvalue weighted by Gasteiger charge is 2.26. The van der Waals surface area contributed by atoms with Crippen LogP contribution in [0.4, 0.5) is 8.78 Å². The molecule has 2 N–H and O–H groups in total. The molecule has 1 atom stereocenters. The first kappa shape index (κ1) is 14.2. The van der Waals surface area contributed by atoms with Crippen LogP contribution in [0.1, 0.15) is 36.1 Å². The Morgan fingerprint density at radius 3 is 2.39 bits per heavy atom. The molecule has 0 heterocycles. The van der Waals surface area contributed by atoms with Gasteiger partial charge in [0.2, 0.25) is 0 Å². The second-order valence-corrected chi connectivity index (χ2v) is 3.84. The van der Waals surface area contributed by atoms with E-state index in [-0.39, 0.29) is 17.8 Å². The van der Waals surface area contributed by atoms with Crippen molar-refractivity contribution < 1.29 is 28.6 Å². The van der Waals surface area contributed by atoms with Crippen molar-refractivity contribution in [3.63, 3.8) is 0 Å². The molecule has 0 aromatic heterocycles. The molecule has 0 spiro atoms. The molecule has 1 unspecified atom stereocenters. The van der Waals surface area contributed by atoms with Crippen LogP contribution in [0.5, 0.6) is 0 Å². The Morgan fingerprint density at radius 1 is 1.33 bits per heavy atom. The normalized spacial score (nSPS) is 12.5. The quantitative estimate of drug-likeness (QED) is 0.845. The number of benzene rings is 1. The van der Waals surface area contributed by atoms with Gasteiger partial charge in [-0.2, -0.15) is 0 Å². The van der Waals surface area contributed by atoms with Crippen LogP contribution in [-0.4, -0.2) is 22.0 Å². The first-order valence-corrected chi connectivity index (χ1v) is 5.14. The molecular weight excluding hydrogens is 246 g/mol. The first-order valence-electron chi connectivity index (χ1n) is 5.14. The molecule has 0 bridgehead atoms. The predicted molar refractivity (Wildman–Crippen MR) is 58.4 cm³/mol. The number of aliphatic carboxylic acids is 1. The van der Waals surface area contributed by atoms with Gasteiger partial charge in [-0.3, -0.25) is 4.79 Å². The lowest BCUT2D eigenvalue weighted by Crippen LogP contribution is -2.16. The number of carboxylic acids is 1. The third-order valence-corrected chi connectivity index (χ3v) is 2.41. The fourth-order valence-corrected chi connectivity index (χ4v) is 1.70. The Bertz CT molecular complexity index is 471. The molecule has 6 heteroatoms. The van der Waals surface area contributed by atoms with E-state index >= 15 is 0 Å². The standard InChI is InChI=1S/C12H12F2O4/c1-6(15)5-7-3-2-4-8(11(13)14)9(7)10(16)12(17)18/h2-4,10-11,16H,5H2,1H3,(H,17,18). The molecular formula is C12H12F2O4. The predicted octanol–water partition coefficient (Wildman–Crippen LogP) is 1.87. The van der Waals surface area contributed by atoms with Gasteiger partial charge in [-0.05, 0) is 12.5 Å². The van der Waals surface area contributed by atoms with Crippen molar-refractivity contribution in [2.75, 3.05) is 0 Å². The molecule has 1 aromatic rings. The fraction of sp³-hybridized carbons (Fsp3) is 0.333. The number of aliphatic hydroxyl groups excluding tert-OH is 1. The maximum atomic E-state index is 12.8. The lowest BCUT2D eigenvalue weighted by atomic mass is 9.93. The lowest BCUT2D eigenvalue weighted by Gasteiger charge is -2.16. The number of carboxylic acid groups (broad SMARTS) is 1. The summed E-state index contributed by atoms with van der Waals surface area (Å²) >= 11 is 0. The zero-order chi connectivity index (χ0) is 13.9. The van der Waals surface area contributed by atoms with Crippen LogP contribution in [0.25, 0.3) is 0 Å².